The molecule has 4 nitrogen and oxygen atoms in total. The molecule has 0 N–H and O–H groups in total. The molecule has 2 aliphatic heterocycles. The van der Waals surface area contributed by atoms with Crippen LogP contribution in [-0.4, -0.2) is 23.6 Å². The van der Waals surface area contributed by atoms with E-state index in [1.807, 2.05) is 6.92 Å². The second kappa shape index (κ2) is 4.82. The van der Waals surface area contributed by atoms with Gasteiger partial charge in [-0.05, 0) is 25.7 Å². The van der Waals surface area contributed by atoms with Crippen molar-refractivity contribution in [3.8, 4) is 0 Å². The molecule has 0 amide bonds. The third kappa shape index (κ3) is 2.05. The van der Waals surface area contributed by atoms with Gasteiger partial charge in [-0.2, -0.15) is 0 Å². The second-order valence-electron chi connectivity index (χ2n) is 5.48. The topological polar surface area (TPSA) is 44.8 Å². The Morgan fingerprint density at radius 1 is 1.39 bits per heavy atom. The molecule has 0 radical (unpaired) electrons. The Kier molecular flexibility index (Phi) is 3.70. The third-order valence-electron chi connectivity index (χ3n) is 4.37. The summed E-state index contributed by atoms with van der Waals surface area (Å²) in [6.07, 6.45) is 3.59. The van der Waals surface area contributed by atoms with E-state index in [2.05, 4.69) is 13.8 Å². The van der Waals surface area contributed by atoms with Crippen LogP contribution in [0.5, 0.6) is 0 Å². The highest BCUT2D eigenvalue weighted by Gasteiger charge is 2.62. The van der Waals surface area contributed by atoms with Crippen LogP contribution in [0.2, 0.25) is 0 Å². The number of carbonyl (C=O) groups excluding carboxylic acids is 1. The van der Waals surface area contributed by atoms with Gasteiger partial charge < -0.3 is 14.2 Å². The van der Waals surface area contributed by atoms with E-state index in [0.717, 1.165) is 25.7 Å². The molecule has 0 saturated carbocycles. The van der Waals surface area contributed by atoms with Crippen LogP contribution < -0.4 is 0 Å². The van der Waals surface area contributed by atoms with Gasteiger partial charge in [0.1, 0.15) is 5.60 Å². The van der Waals surface area contributed by atoms with E-state index in [4.69, 9.17) is 14.2 Å². The quantitative estimate of drug-likeness (QED) is 0.725. The summed E-state index contributed by atoms with van der Waals surface area (Å²) in [6, 6.07) is 0. The third-order valence-corrected chi connectivity index (χ3v) is 4.37. The summed E-state index contributed by atoms with van der Waals surface area (Å²) in [4.78, 5) is 11.6. The fourth-order valence-corrected chi connectivity index (χ4v) is 3.27. The molecule has 0 aromatic carbocycles. The van der Waals surface area contributed by atoms with Crippen molar-refractivity contribution >= 4 is 5.97 Å². The van der Waals surface area contributed by atoms with Crippen LogP contribution in [0.25, 0.3) is 0 Å². The molecule has 0 spiro atoms. The first-order valence-corrected chi connectivity index (χ1v) is 7.07. The molecule has 0 aromatic heterocycles. The second-order valence-corrected chi connectivity index (χ2v) is 5.48. The van der Waals surface area contributed by atoms with Gasteiger partial charge in [0.05, 0.1) is 0 Å². The highest BCUT2D eigenvalue weighted by atomic mass is 16.8. The van der Waals surface area contributed by atoms with E-state index in [1.165, 1.54) is 0 Å². The molecular weight excluding hydrogens is 232 g/mol. The highest BCUT2D eigenvalue weighted by molar-refractivity contribution is 5.69. The maximum atomic E-state index is 11.6. The molecule has 0 aromatic rings. The average molecular weight is 256 g/mol. The summed E-state index contributed by atoms with van der Waals surface area (Å²) in [5.41, 5.74) is -0.452. The van der Waals surface area contributed by atoms with Crippen LogP contribution >= 0.6 is 0 Å². The maximum absolute atomic E-state index is 11.6. The van der Waals surface area contributed by atoms with Crippen LogP contribution in [-0.2, 0) is 19.0 Å². The van der Waals surface area contributed by atoms with E-state index >= 15 is 0 Å². The number of fused-ring (bicyclic) bond motifs is 2. The van der Waals surface area contributed by atoms with Crippen molar-refractivity contribution in [1.29, 1.82) is 0 Å². The Hall–Kier alpha value is -0.610. The monoisotopic (exact) mass is 256 g/mol. The SMILES string of the molecule is CCC(=O)OC1O[C@]2(C)CCC(CC)C1(CC)O2. The lowest BCUT2D eigenvalue weighted by atomic mass is 9.77. The molecule has 2 saturated heterocycles. The zero-order valence-electron chi connectivity index (χ0n) is 11.8. The molecule has 2 heterocycles. The summed E-state index contributed by atoms with van der Waals surface area (Å²) >= 11 is 0. The lowest BCUT2D eigenvalue weighted by molar-refractivity contribution is -0.219. The summed E-state index contributed by atoms with van der Waals surface area (Å²) in [7, 11) is 0. The van der Waals surface area contributed by atoms with Gasteiger partial charge in [-0.25, -0.2) is 0 Å². The lowest BCUT2D eigenvalue weighted by Crippen LogP contribution is -2.50. The molecule has 2 fully saturated rings. The minimum atomic E-state index is -0.583. The van der Waals surface area contributed by atoms with Crippen molar-refractivity contribution in [3.05, 3.63) is 0 Å². The van der Waals surface area contributed by atoms with Gasteiger partial charge in [0, 0.05) is 12.8 Å². The molecule has 18 heavy (non-hydrogen) atoms. The first-order valence-electron chi connectivity index (χ1n) is 7.07. The summed E-state index contributed by atoms with van der Waals surface area (Å²) < 4.78 is 17.6. The van der Waals surface area contributed by atoms with E-state index in [-0.39, 0.29) is 5.97 Å². The Morgan fingerprint density at radius 2 is 2.11 bits per heavy atom. The predicted octanol–water partition coefficient (Wildman–Crippen LogP) is 3.00. The van der Waals surface area contributed by atoms with E-state index in [0.29, 0.717) is 12.3 Å². The molecule has 4 heteroatoms. The van der Waals surface area contributed by atoms with E-state index in [1.54, 1.807) is 6.92 Å². The van der Waals surface area contributed by atoms with Gasteiger partial charge >= 0.3 is 5.97 Å². The van der Waals surface area contributed by atoms with E-state index < -0.39 is 17.7 Å². The Balaban J connectivity index is 2.25. The summed E-state index contributed by atoms with van der Waals surface area (Å²) in [6.45, 7) is 7.98. The molecule has 2 aliphatic rings. The molecule has 4 atom stereocenters. The highest BCUT2D eigenvalue weighted by Crippen LogP contribution is 2.52. The molecule has 2 rings (SSSR count). The van der Waals surface area contributed by atoms with Gasteiger partial charge in [0.2, 0.25) is 6.29 Å². The first kappa shape index (κ1) is 13.8. The number of ether oxygens (including phenoxy) is 3. The van der Waals surface area contributed by atoms with Crippen LogP contribution in [0.4, 0.5) is 0 Å². The van der Waals surface area contributed by atoms with Crippen molar-refractivity contribution in [2.24, 2.45) is 5.92 Å². The number of hydrogen-bond acceptors (Lipinski definition) is 4. The fourth-order valence-electron chi connectivity index (χ4n) is 3.27. The number of esters is 1. The summed E-state index contributed by atoms with van der Waals surface area (Å²) in [5, 5.41) is 0. The average Bonchev–Trinajstić information content (AvgIpc) is 2.58. The van der Waals surface area contributed by atoms with Gasteiger partial charge in [-0.3, -0.25) is 4.79 Å². The Labute approximate surface area is 109 Å². The van der Waals surface area contributed by atoms with Gasteiger partial charge in [-0.1, -0.05) is 27.2 Å². The van der Waals surface area contributed by atoms with Crippen LogP contribution in [0.15, 0.2) is 0 Å². The van der Waals surface area contributed by atoms with Gasteiger partial charge in [-0.15, -0.1) is 0 Å². The zero-order chi connectivity index (χ0) is 13.4. The molecule has 104 valence electrons. The largest absolute Gasteiger partial charge is 0.432 e. The van der Waals surface area contributed by atoms with Crippen molar-refractivity contribution in [2.45, 2.75) is 77.5 Å². The zero-order valence-corrected chi connectivity index (χ0v) is 11.8. The minimum Gasteiger partial charge on any atom is -0.432 e. The summed E-state index contributed by atoms with van der Waals surface area (Å²) in [5.74, 6) is -0.407. The van der Waals surface area contributed by atoms with Crippen molar-refractivity contribution < 1.29 is 19.0 Å². The maximum Gasteiger partial charge on any atom is 0.307 e. The molecule has 3 unspecified atom stereocenters. The molecule has 0 aliphatic carbocycles. The normalized spacial score (nSPS) is 42.9. The van der Waals surface area contributed by atoms with Crippen molar-refractivity contribution in [2.75, 3.05) is 0 Å². The minimum absolute atomic E-state index is 0.220. The Bertz CT molecular complexity index is 330. The van der Waals surface area contributed by atoms with Crippen molar-refractivity contribution in [3.63, 3.8) is 0 Å². The molecular formula is C14H24O4. The number of hydrogen-bond donors (Lipinski definition) is 0. The number of carbonyl (C=O) groups is 1. The van der Waals surface area contributed by atoms with Gasteiger partial charge in [0.25, 0.3) is 0 Å². The van der Waals surface area contributed by atoms with Crippen LogP contribution in [0, 0.1) is 5.92 Å². The first-order chi connectivity index (χ1) is 8.49. The van der Waals surface area contributed by atoms with E-state index in [9.17, 15) is 4.79 Å². The number of rotatable bonds is 4. The Morgan fingerprint density at radius 3 is 2.67 bits per heavy atom. The molecule has 2 bridgehead atoms. The lowest BCUT2D eigenvalue weighted by Gasteiger charge is -2.42. The van der Waals surface area contributed by atoms with Crippen LogP contribution in [0.3, 0.4) is 0 Å². The standard InChI is InChI=1S/C14H24O4/c1-5-10-8-9-13(4)17-12(16-11(15)6-2)14(10,7-3)18-13/h10,12H,5-9H2,1-4H3/t10?,12?,13-,14?/m0/s1. The van der Waals surface area contributed by atoms with Crippen LogP contribution in [0.1, 0.15) is 59.8 Å². The fraction of sp³-hybridized carbons (Fsp3) is 0.929. The van der Waals surface area contributed by atoms with Crippen molar-refractivity contribution in [1.82, 2.24) is 0 Å². The smallest absolute Gasteiger partial charge is 0.307 e. The predicted molar refractivity (Wildman–Crippen MR) is 66.8 cm³/mol. The van der Waals surface area contributed by atoms with Gasteiger partial charge in [0.15, 0.2) is 5.79 Å².